The van der Waals surface area contributed by atoms with Crippen molar-refractivity contribution < 1.29 is 22.7 Å². The summed E-state index contributed by atoms with van der Waals surface area (Å²) in [4.78, 5) is 13.0. The van der Waals surface area contributed by atoms with Crippen molar-refractivity contribution >= 4 is 5.91 Å². The van der Waals surface area contributed by atoms with E-state index in [-0.39, 0.29) is 18.0 Å². The number of carbonyl (C=O) groups excluding carboxylic acids is 1. The number of likely N-dealkylation sites (N-methyl/N-ethyl adjacent to an activating group) is 1. The van der Waals surface area contributed by atoms with Crippen molar-refractivity contribution in [3.05, 3.63) is 36.2 Å². The van der Waals surface area contributed by atoms with E-state index in [1.807, 2.05) is 0 Å². The maximum absolute atomic E-state index is 12.4. The maximum atomic E-state index is 12.4. The highest BCUT2D eigenvalue weighted by molar-refractivity contribution is 5.75. The summed E-state index contributed by atoms with van der Waals surface area (Å²) in [6.07, 6.45) is -1.94. The van der Waals surface area contributed by atoms with Gasteiger partial charge in [0.25, 0.3) is 0 Å². The Morgan fingerprint density at radius 1 is 1.33 bits per heavy atom. The lowest BCUT2D eigenvalue weighted by Gasteiger charge is -2.10. The standard InChI is InChI=1S/C15H13F3N4O2/c1-21(2)14(23)9-22-8-12(7-20-22)11-3-10(6-19)4-13(5-11)24-15(16,17)18/h3-5,7-8H,9H2,1-2H3. The SMILES string of the molecule is CN(C)C(=O)Cn1cc(-c2cc(C#N)cc(OC(F)(F)F)c2)cn1. The average Bonchev–Trinajstić information content (AvgIpc) is 2.93. The van der Waals surface area contributed by atoms with Crippen LogP contribution in [0, 0.1) is 11.3 Å². The molecule has 1 heterocycles. The molecule has 0 saturated heterocycles. The molecule has 0 aliphatic rings. The van der Waals surface area contributed by atoms with Crippen molar-refractivity contribution in [2.75, 3.05) is 14.1 Å². The Hall–Kier alpha value is -3.02. The van der Waals surface area contributed by atoms with E-state index in [4.69, 9.17) is 5.26 Å². The third-order valence-electron chi connectivity index (χ3n) is 3.03. The minimum Gasteiger partial charge on any atom is -0.406 e. The molecule has 0 bridgehead atoms. The monoisotopic (exact) mass is 338 g/mol. The van der Waals surface area contributed by atoms with Gasteiger partial charge in [0.05, 0.1) is 17.8 Å². The number of hydrogen-bond acceptors (Lipinski definition) is 4. The third kappa shape index (κ3) is 4.49. The van der Waals surface area contributed by atoms with Gasteiger partial charge in [-0.1, -0.05) is 0 Å². The van der Waals surface area contributed by atoms with Crippen LogP contribution in [0.15, 0.2) is 30.6 Å². The van der Waals surface area contributed by atoms with Gasteiger partial charge in [0.1, 0.15) is 12.3 Å². The summed E-state index contributed by atoms with van der Waals surface area (Å²) >= 11 is 0. The normalized spacial score (nSPS) is 11.0. The first-order valence-corrected chi connectivity index (χ1v) is 6.72. The fraction of sp³-hybridized carbons (Fsp3) is 0.267. The Morgan fingerprint density at radius 2 is 2.04 bits per heavy atom. The van der Waals surface area contributed by atoms with Crippen LogP contribution in [-0.4, -0.2) is 41.0 Å². The van der Waals surface area contributed by atoms with Crippen LogP contribution < -0.4 is 4.74 Å². The quantitative estimate of drug-likeness (QED) is 0.858. The Kier molecular flexibility index (Phi) is 4.78. The molecule has 6 nitrogen and oxygen atoms in total. The van der Waals surface area contributed by atoms with Crippen molar-refractivity contribution in [1.29, 1.82) is 5.26 Å². The number of aromatic nitrogens is 2. The molecule has 1 aromatic carbocycles. The van der Waals surface area contributed by atoms with Crippen LogP contribution in [0.3, 0.4) is 0 Å². The number of alkyl halides is 3. The van der Waals surface area contributed by atoms with Crippen molar-refractivity contribution in [2.45, 2.75) is 12.9 Å². The van der Waals surface area contributed by atoms with Crippen LogP contribution in [-0.2, 0) is 11.3 Å². The highest BCUT2D eigenvalue weighted by atomic mass is 19.4. The van der Waals surface area contributed by atoms with E-state index < -0.39 is 12.1 Å². The summed E-state index contributed by atoms with van der Waals surface area (Å²) in [5, 5.41) is 13.0. The molecular formula is C15H13F3N4O2. The first-order chi connectivity index (χ1) is 11.2. The fourth-order valence-corrected chi connectivity index (χ4v) is 1.90. The summed E-state index contributed by atoms with van der Waals surface area (Å²) in [5.41, 5.74) is 0.811. The van der Waals surface area contributed by atoms with Gasteiger partial charge < -0.3 is 9.64 Å². The number of benzene rings is 1. The van der Waals surface area contributed by atoms with E-state index >= 15 is 0 Å². The molecule has 0 aliphatic carbocycles. The van der Waals surface area contributed by atoms with Gasteiger partial charge >= 0.3 is 6.36 Å². The largest absolute Gasteiger partial charge is 0.573 e. The molecule has 0 atom stereocenters. The highest BCUT2D eigenvalue weighted by Gasteiger charge is 2.31. The van der Waals surface area contributed by atoms with E-state index in [1.54, 1.807) is 20.2 Å². The van der Waals surface area contributed by atoms with Gasteiger partial charge in [0.2, 0.25) is 5.91 Å². The van der Waals surface area contributed by atoms with Crippen LogP contribution in [0.5, 0.6) is 5.75 Å². The topological polar surface area (TPSA) is 71.2 Å². The van der Waals surface area contributed by atoms with Crippen molar-refractivity contribution in [1.82, 2.24) is 14.7 Å². The lowest BCUT2D eigenvalue weighted by atomic mass is 10.1. The summed E-state index contributed by atoms with van der Waals surface area (Å²) in [6, 6.07) is 5.35. The zero-order valence-corrected chi connectivity index (χ0v) is 12.8. The molecule has 0 aliphatic heterocycles. The molecule has 0 fully saturated rings. The van der Waals surface area contributed by atoms with Crippen molar-refractivity contribution in [3.8, 4) is 22.9 Å². The second-order valence-electron chi connectivity index (χ2n) is 5.12. The Balaban J connectivity index is 2.32. The molecule has 24 heavy (non-hydrogen) atoms. The summed E-state index contributed by atoms with van der Waals surface area (Å²) in [6.45, 7) is -0.00313. The molecule has 1 aromatic heterocycles. The maximum Gasteiger partial charge on any atom is 0.573 e. The molecule has 9 heteroatoms. The Bertz CT molecular complexity index is 791. The highest BCUT2D eigenvalue weighted by Crippen LogP contribution is 2.29. The van der Waals surface area contributed by atoms with Crippen LogP contribution >= 0.6 is 0 Å². The van der Waals surface area contributed by atoms with E-state index in [0.29, 0.717) is 11.1 Å². The summed E-state index contributed by atoms with van der Waals surface area (Å²) in [7, 11) is 3.20. The molecule has 2 aromatic rings. The van der Waals surface area contributed by atoms with Gasteiger partial charge in [-0.15, -0.1) is 13.2 Å². The van der Waals surface area contributed by atoms with E-state index in [9.17, 15) is 18.0 Å². The molecule has 0 saturated carbocycles. The Labute approximate surface area is 135 Å². The molecule has 0 N–H and O–H groups in total. The van der Waals surface area contributed by atoms with Crippen molar-refractivity contribution in [2.24, 2.45) is 0 Å². The number of halogens is 3. The second kappa shape index (κ2) is 6.62. The number of carbonyl (C=O) groups is 1. The summed E-state index contributed by atoms with van der Waals surface area (Å²) < 4.78 is 42.3. The lowest BCUT2D eigenvalue weighted by Crippen LogP contribution is -2.26. The molecular weight excluding hydrogens is 325 g/mol. The smallest absolute Gasteiger partial charge is 0.406 e. The average molecular weight is 338 g/mol. The fourth-order valence-electron chi connectivity index (χ4n) is 1.90. The van der Waals surface area contributed by atoms with Crippen LogP contribution in [0.1, 0.15) is 5.56 Å². The number of amides is 1. The molecule has 0 spiro atoms. The molecule has 126 valence electrons. The first kappa shape index (κ1) is 17.3. The van der Waals surface area contributed by atoms with E-state index in [1.165, 1.54) is 28.0 Å². The number of rotatable bonds is 4. The molecule has 2 rings (SSSR count). The number of ether oxygens (including phenoxy) is 1. The van der Waals surface area contributed by atoms with Gasteiger partial charge in [-0.05, 0) is 23.8 Å². The predicted octanol–water partition coefficient (Wildman–Crippen LogP) is 2.41. The van der Waals surface area contributed by atoms with Gasteiger partial charge in [-0.3, -0.25) is 9.48 Å². The third-order valence-corrected chi connectivity index (χ3v) is 3.03. The number of nitriles is 1. The summed E-state index contributed by atoms with van der Waals surface area (Å²) in [5.74, 6) is -0.676. The second-order valence-corrected chi connectivity index (χ2v) is 5.12. The van der Waals surface area contributed by atoms with Gasteiger partial charge in [-0.2, -0.15) is 10.4 Å². The van der Waals surface area contributed by atoms with Gasteiger partial charge in [-0.25, -0.2) is 0 Å². The van der Waals surface area contributed by atoms with Crippen LogP contribution in [0.2, 0.25) is 0 Å². The molecule has 0 unspecified atom stereocenters. The minimum atomic E-state index is -4.85. The zero-order valence-electron chi connectivity index (χ0n) is 12.8. The lowest BCUT2D eigenvalue weighted by molar-refractivity contribution is -0.274. The van der Waals surface area contributed by atoms with Crippen LogP contribution in [0.25, 0.3) is 11.1 Å². The molecule has 1 amide bonds. The Morgan fingerprint density at radius 3 is 2.62 bits per heavy atom. The van der Waals surface area contributed by atoms with Crippen LogP contribution in [0.4, 0.5) is 13.2 Å². The number of nitrogens with zero attached hydrogens (tertiary/aromatic N) is 4. The predicted molar refractivity (Wildman–Crippen MR) is 77.8 cm³/mol. The first-order valence-electron chi connectivity index (χ1n) is 6.72. The molecule has 0 radical (unpaired) electrons. The van der Waals surface area contributed by atoms with Gasteiger partial charge in [0.15, 0.2) is 0 Å². The van der Waals surface area contributed by atoms with E-state index in [0.717, 1.165) is 12.1 Å². The van der Waals surface area contributed by atoms with Gasteiger partial charge in [0, 0.05) is 25.9 Å². The van der Waals surface area contributed by atoms with Crippen molar-refractivity contribution in [3.63, 3.8) is 0 Å². The minimum absolute atomic E-state index is 0.00313. The van der Waals surface area contributed by atoms with E-state index in [2.05, 4.69) is 9.84 Å². The zero-order chi connectivity index (χ0) is 17.9. The number of hydrogen-bond donors (Lipinski definition) is 0.